The molecule has 1 fully saturated rings. The topological polar surface area (TPSA) is 69.4 Å². The fraction of sp³-hybridized carbons (Fsp3) is 0.556. The minimum absolute atomic E-state index is 0.00346. The zero-order valence-electron chi connectivity index (χ0n) is 12.8. The molecule has 118 valence electrons. The van der Waals surface area contributed by atoms with E-state index in [9.17, 15) is 9.59 Å². The molecule has 1 aromatic rings. The van der Waals surface area contributed by atoms with Crippen LogP contribution in [0.25, 0.3) is 0 Å². The smallest absolute Gasteiger partial charge is 0.309 e. The second-order valence-electron chi connectivity index (χ2n) is 6.52. The summed E-state index contributed by atoms with van der Waals surface area (Å²) < 4.78 is 5.73. The molecule has 1 amide bonds. The van der Waals surface area contributed by atoms with Crippen LogP contribution in [0.4, 0.5) is 0 Å². The Hall–Kier alpha value is -1.84. The normalized spacial score (nSPS) is 27.7. The maximum absolute atomic E-state index is 12.3. The highest BCUT2D eigenvalue weighted by molar-refractivity contribution is 5.77. The van der Waals surface area contributed by atoms with Crippen molar-refractivity contribution in [3.63, 3.8) is 0 Å². The van der Waals surface area contributed by atoms with E-state index in [0.29, 0.717) is 12.8 Å². The Labute approximate surface area is 131 Å². The molecule has 2 aliphatic carbocycles. The number of hydrogen-bond donors (Lipinski definition) is 1. The molecular weight excluding hydrogens is 278 g/mol. The third-order valence-electron chi connectivity index (χ3n) is 5.05. The van der Waals surface area contributed by atoms with Crippen molar-refractivity contribution in [3.05, 3.63) is 35.4 Å². The Morgan fingerprint density at radius 2 is 1.59 bits per heavy atom. The quantitative estimate of drug-likeness (QED) is 0.871. The van der Waals surface area contributed by atoms with Gasteiger partial charge in [0.05, 0.1) is 5.92 Å². The summed E-state index contributed by atoms with van der Waals surface area (Å²) in [6.07, 6.45) is 5.55. The molecule has 1 unspecified atom stereocenters. The molecule has 0 radical (unpaired) electrons. The van der Waals surface area contributed by atoms with Crippen LogP contribution in [0.15, 0.2) is 24.3 Å². The molecule has 3 rings (SSSR count). The average molecular weight is 301 g/mol. The monoisotopic (exact) mass is 301 g/mol. The van der Waals surface area contributed by atoms with E-state index in [-0.39, 0.29) is 29.8 Å². The van der Waals surface area contributed by atoms with Crippen molar-refractivity contribution < 1.29 is 14.3 Å². The molecule has 0 bridgehead atoms. The summed E-state index contributed by atoms with van der Waals surface area (Å²) in [5, 5.41) is 0. The molecule has 1 atom stereocenters. The van der Waals surface area contributed by atoms with Gasteiger partial charge in [-0.15, -0.1) is 0 Å². The van der Waals surface area contributed by atoms with Gasteiger partial charge in [-0.2, -0.15) is 0 Å². The maximum atomic E-state index is 12.3. The summed E-state index contributed by atoms with van der Waals surface area (Å²) in [5.74, 6) is -0.457. The molecule has 1 aromatic carbocycles. The number of ether oxygens (including phenoxy) is 1. The number of primary amides is 1. The van der Waals surface area contributed by atoms with E-state index < -0.39 is 0 Å². The van der Waals surface area contributed by atoms with Gasteiger partial charge in [0.1, 0.15) is 6.10 Å². The van der Waals surface area contributed by atoms with Crippen LogP contribution in [0.2, 0.25) is 0 Å². The molecule has 2 aliphatic rings. The van der Waals surface area contributed by atoms with Crippen LogP contribution < -0.4 is 5.73 Å². The van der Waals surface area contributed by atoms with Gasteiger partial charge in [0.25, 0.3) is 0 Å². The third kappa shape index (κ3) is 3.32. The van der Waals surface area contributed by atoms with Crippen molar-refractivity contribution in [1.29, 1.82) is 0 Å². The van der Waals surface area contributed by atoms with E-state index in [0.717, 1.165) is 32.1 Å². The fourth-order valence-corrected chi connectivity index (χ4v) is 3.64. The lowest BCUT2D eigenvalue weighted by molar-refractivity contribution is -0.156. The van der Waals surface area contributed by atoms with Gasteiger partial charge in [-0.1, -0.05) is 24.3 Å². The number of amides is 1. The number of rotatable bonds is 3. The summed E-state index contributed by atoms with van der Waals surface area (Å²) >= 11 is 0. The summed E-state index contributed by atoms with van der Waals surface area (Å²) in [6.45, 7) is 0. The van der Waals surface area contributed by atoms with E-state index in [1.165, 1.54) is 11.1 Å². The van der Waals surface area contributed by atoms with Crippen LogP contribution in [0, 0.1) is 11.8 Å². The van der Waals surface area contributed by atoms with Gasteiger partial charge in [0, 0.05) is 12.3 Å². The number of fused-ring (bicyclic) bond motifs is 1. The number of carbonyl (C=O) groups excluding carboxylic acids is 2. The molecule has 22 heavy (non-hydrogen) atoms. The zero-order chi connectivity index (χ0) is 15.5. The molecule has 0 aromatic heterocycles. The maximum Gasteiger partial charge on any atom is 0.309 e. The summed E-state index contributed by atoms with van der Waals surface area (Å²) in [5.41, 5.74) is 8.00. The van der Waals surface area contributed by atoms with Crippen LogP contribution in [-0.4, -0.2) is 18.0 Å². The lowest BCUT2D eigenvalue weighted by atomic mass is 9.81. The van der Waals surface area contributed by atoms with E-state index >= 15 is 0 Å². The first-order valence-electron chi connectivity index (χ1n) is 8.20. The van der Waals surface area contributed by atoms with E-state index in [4.69, 9.17) is 10.5 Å². The van der Waals surface area contributed by atoms with Gasteiger partial charge in [-0.05, 0) is 49.7 Å². The first-order chi connectivity index (χ1) is 10.6. The van der Waals surface area contributed by atoms with E-state index in [1.54, 1.807) is 0 Å². The zero-order valence-corrected chi connectivity index (χ0v) is 12.8. The largest absolute Gasteiger partial charge is 0.462 e. The molecular formula is C18H23NO3. The number of hydrogen-bond acceptors (Lipinski definition) is 3. The Bertz CT molecular complexity index is 561. The summed E-state index contributed by atoms with van der Waals surface area (Å²) in [7, 11) is 0. The minimum atomic E-state index is -0.240. The Balaban J connectivity index is 1.52. The second kappa shape index (κ2) is 6.51. The molecule has 4 heteroatoms. The number of benzene rings is 1. The third-order valence-corrected chi connectivity index (χ3v) is 5.05. The van der Waals surface area contributed by atoms with Crippen LogP contribution in [0.1, 0.15) is 43.2 Å². The van der Waals surface area contributed by atoms with Gasteiger partial charge in [0.2, 0.25) is 5.91 Å². The van der Waals surface area contributed by atoms with Gasteiger partial charge in [0.15, 0.2) is 0 Å². The van der Waals surface area contributed by atoms with Crippen LogP contribution in [-0.2, 0) is 27.2 Å². The summed E-state index contributed by atoms with van der Waals surface area (Å²) in [4.78, 5) is 23.5. The van der Waals surface area contributed by atoms with Crippen LogP contribution in [0.3, 0.4) is 0 Å². The van der Waals surface area contributed by atoms with Crippen molar-refractivity contribution in [1.82, 2.24) is 0 Å². The van der Waals surface area contributed by atoms with Crippen molar-refractivity contribution in [2.75, 3.05) is 0 Å². The molecule has 0 saturated heterocycles. The lowest BCUT2D eigenvalue weighted by Crippen LogP contribution is -2.33. The Morgan fingerprint density at radius 3 is 2.27 bits per heavy atom. The predicted octanol–water partition coefficient (Wildman–Crippen LogP) is 2.38. The highest BCUT2D eigenvalue weighted by Crippen LogP contribution is 2.31. The molecule has 1 saturated carbocycles. The highest BCUT2D eigenvalue weighted by atomic mass is 16.5. The van der Waals surface area contributed by atoms with E-state index in [1.807, 2.05) is 6.07 Å². The molecule has 4 nitrogen and oxygen atoms in total. The first kappa shape index (κ1) is 15.1. The molecule has 0 aliphatic heterocycles. The molecule has 0 spiro atoms. The first-order valence-corrected chi connectivity index (χ1v) is 8.20. The van der Waals surface area contributed by atoms with Crippen LogP contribution in [0.5, 0.6) is 0 Å². The highest BCUT2D eigenvalue weighted by Gasteiger charge is 2.31. The Kier molecular flexibility index (Phi) is 4.46. The van der Waals surface area contributed by atoms with Gasteiger partial charge < -0.3 is 10.5 Å². The van der Waals surface area contributed by atoms with Crippen molar-refractivity contribution in [3.8, 4) is 0 Å². The molecule has 0 heterocycles. The van der Waals surface area contributed by atoms with E-state index in [2.05, 4.69) is 18.2 Å². The number of aryl methyl sites for hydroxylation is 1. The predicted molar refractivity (Wildman–Crippen MR) is 83.0 cm³/mol. The Morgan fingerprint density at radius 1 is 0.955 bits per heavy atom. The number of esters is 1. The van der Waals surface area contributed by atoms with Gasteiger partial charge >= 0.3 is 5.97 Å². The van der Waals surface area contributed by atoms with Crippen molar-refractivity contribution in [2.45, 2.75) is 51.0 Å². The lowest BCUT2D eigenvalue weighted by Gasteiger charge is -2.29. The van der Waals surface area contributed by atoms with Gasteiger partial charge in [-0.25, -0.2) is 0 Å². The van der Waals surface area contributed by atoms with Crippen molar-refractivity contribution >= 4 is 11.9 Å². The average Bonchev–Trinajstić information content (AvgIpc) is 2.55. The standard InChI is InChI=1S/C18H23NO3/c19-17(20)13-5-7-14(8-6-13)18(21)22-16-10-9-12-3-1-2-4-15(12)11-16/h1-4,13-14,16H,5-11H2,(H2,19,20). The minimum Gasteiger partial charge on any atom is -0.462 e. The summed E-state index contributed by atoms with van der Waals surface area (Å²) in [6, 6.07) is 8.36. The molecule has 2 N–H and O–H groups in total. The number of nitrogens with two attached hydrogens (primary N) is 1. The van der Waals surface area contributed by atoms with Crippen LogP contribution >= 0.6 is 0 Å². The number of carbonyl (C=O) groups is 2. The van der Waals surface area contributed by atoms with Gasteiger partial charge in [-0.3, -0.25) is 9.59 Å². The second-order valence-corrected chi connectivity index (χ2v) is 6.52. The fourth-order valence-electron chi connectivity index (χ4n) is 3.64. The van der Waals surface area contributed by atoms with Crippen molar-refractivity contribution in [2.24, 2.45) is 17.6 Å². The SMILES string of the molecule is NC(=O)C1CCC(C(=O)OC2CCc3ccccc3C2)CC1.